The fourth-order valence-electron chi connectivity index (χ4n) is 8.85. The van der Waals surface area contributed by atoms with Crippen LogP contribution in [0.15, 0.2) is 84.9 Å². The van der Waals surface area contributed by atoms with Crippen LogP contribution in [0.3, 0.4) is 0 Å². The molecule has 4 heterocycles. The Labute approximate surface area is 318 Å². The molecule has 266 valence electrons. The van der Waals surface area contributed by atoms with Crippen molar-refractivity contribution in [3.8, 4) is 35.1 Å². The van der Waals surface area contributed by atoms with Gasteiger partial charge in [-0.1, -0.05) is 24.3 Å². The zero-order valence-electron chi connectivity index (χ0n) is 31.4. The molecule has 0 saturated carbocycles. The van der Waals surface area contributed by atoms with Gasteiger partial charge in [0.25, 0.3) is 13.4 Å². The number of nitrogens with zero attached hydrogens (tertiary/aromatic N) is 6. The van der Waals surface area contributed by atoms with Crippen LogP contribution >= 0.6 is 0 Å². The van der Waals surface area contributed by atoms with Crippen LogP contribution in [0.4, 0.5) is 22.7 Å². The molecule has 8 nitrogen and oxygen atoms in total. The molecule has 0 aromatic heterocycles. The summed E-state index contributed by atoms with van der Waals surface area (Å²) in [5.74, 6) is 3.11. The van der Waals surface area contributed by atoms with E-state index in [-0.39, 0.29) is 13.4 Å². The Hall–Kier alpha value is -5.99. The number of fused-ring (bicyclic) bond motifs is 4. The first-order valence-electron chi connectivity index (χ1n) is 19.1. The molecule has 2 saturated heterocycles. The fraction of sp³-hybridized carbons (Fsp3) is 0.273. The molecule has 54 heavy (non-hydrogen) atoms. The second-order valence-corrected chi connectivity index (χ2v) is 15.4. The van der Waals surface area contributed by atoms with Gasteiger partial charge in [-0.05, 0) is 94.9 Å². The van der Waals surface area contributed by atoms with Gasteiger partial charge in [-0.2, -0.15) is 10.5 Å². The van der Waals surface area contributed by atoms with Gasteiger partial charge in [-0.25, -0.2) is 0 Å². The third-order valence-electron chi connectivity index (χ3n) is 11.7. The molecule has 0 atom stereocenters. The van der Waals surface area contributed by atoms with Crippen molar-refractivity contribution in [2.75, 3.05) is 74.0 Å². The highest BCUT2D eigenvalue weighted by Gasteiger charge is 2.39. The van der Waals surface area contributed by atoms with Crippen molar-refractivity contribution in [1.82, 2.24) is 0 Å². The van der Waals surface area contributed by atoms with E-state index in [1.807, 2.05) is 40.3 Å². The summed E-state index contributed by atoms with van der Waals surface area (Å²) >= 11 is 0. The Balaban J connectivity index is 1.22. The zero-order valence-corrected chi connectivity index (χ0v) is 31.4. The first-order valence-corrected chi connectivity index (χ1v) is 19.1. The summed E-state index contributed by atoms with van der Waals surface area (Å²) in [5, 5.41) is 21.9. The summed E-state index contributed by atoms with van der Waals surface area (Å²) in [6, 6.07) is 34.6. The first-order chi connectivity index (χ1) is 26.3. The van der Waals surface area contributed by atoms with Crippen LogP contribution in [0.2, 0.25) is 0 Å². The Bertz CT molecular complexity index is 2260. The molecule has 0 N–H and O–H groups in total. The summed E-state index contributed by atoms with van der Waals surface area (Å²) in [7, 11) is 8.05. The van der Waals surface area contributed by atoms with E-state index in [0.29, 0.717) is 11.1 Å². The molecule has 5 aromatic carbocycles. The number of hydrogen-bond acceptors (Lipinski definition) is 8. The zero-order chi connectivity index (χ0) is 37.1. The van der Waals surface area contributed by atoms with Gasteiger partial charge in [0.05, 0.1) is 12.1 Å². The van der Waals surface area contributed by atoms with E-state index in [1.165, 1.54) is 25.7 Å². The number of ether oxygens (including phenoxy) is 2. The monoisotopic (exact) mass is 708 g/mol. The minimum Gasteiger partial charge on any atom is -0.458 e. The first kappa shape index (κ1) is 33.8. The van der Waals surface area contributed by atoms with Gasteiger partial charge in [-0.15, -0.1) is 0 Å². The van der Waals surface area contributed by atoms with Crippen LogP contribution in [-0.2, 0) is 0 Å². The lowest BCUT2D eigenvalue weighted by Crippen LogP contribution is -2.59. The normalized spacial score (nSPS) is 15.3. The molecule has 5 aromatic rings. The maximum atomic E-state index is 11.0. The van der Waals surface area contributed by atoms with E-state index in [2.05, 4.69) is 105 Å². The average Bonchev–Trinajstić information content (AvgIpc) is 3.94. The molecule has 4 aliphatic rings. The number of nitriles is 2. The molecule has 0 amide bonds. The SMILES string of the molecule is CN(C)c1ccc2c(c1)Oc1cc(N(C)C)ccc1B2c1cc(C#N)c(B2c3ccc(N4CCCC4)cc3Oc3cc(N4CCCC4)ccc32)cc1C#N. The molecule has 0 unspecified atom stereocenters. The summed E-state index contributed by atoms with van der Waals surface area (Å²) < 4.78 is 13.4. The van der Waals surface area contributed by atoms with Crippen molar-refractivity contribution in [2.24, 2.45) is 0 Å². The lowest BCUT2D eigenvalue weighted by Gasteiger charge is -2.31. The van der Waals surface area contributed by atoms with Gasteiger partial charge in [0.15, 0.2) is 0 Å². The largest absolute Gasteiger partial charge is 0.458 e. The summed E-state index contributed by atoms with van der Waals surface area (Å²) in [6.45, 7) is 3.54. The molecular weight excluding hydrogens is 666 g/mol. The van der Waals surface area contributed by atoms with Crippen molar-refractivity contribution in [1.29, 1.82) is 10.5 Å². The molecule has 0 aliphatic carbocycles. The Morgan fingerprint density at radius 1 is 0.481 bits per heavy atom. The van der Waals surface area contributed by atoms with Crippen molar-refractivity contribution in [3.05, 3.63) is 96.1 Å². The van der Waals surface area contributed by atoms with Crippen molar-refractivity contribution < 1.29 is 9.47 Å². The number of rotatable bonds is 6. The van der Waals surface area contributed by atoms with Crippen LogP contribution in [0, 0.1) is 22.7 Å². The Kier molecular flexibility index (Phi) is 8.43. The van der Waals surface area contributed by atoms with Gasteiger partial charge in [-0.3, -0.25) is 0 Å². The maximum Gasteiger partial charge on any atom is 0.252 e. The summed E-state index contributed by atoms with van der Waals surface area (Å²) in [5.41, 5.74) is 11.0. The predicted octanol–water partition coefficient (Wildman–Crippen LogP) is 4.01. The van der Waals surface area contributed by atoms with Gasteiger partial charge < -0.3 is 29.1 Å². The van der Waals surface area contributed by atoms with E-state index in [9.17, 15) is 10.5 Å². The number of anilines is 4. The highest BCUT2D eigenvalue weighted by atomic mass is 16.5. The predicted molar refractivity (Wildman–Crippen MR) is 223 cm³/mol. The second kappa shape index (κ2) is 13.5. The molecule has 9 rings (SSSR count). The van der Waals surface area contributed by atoms with Gasteiger partial charge in [0.1, 0.15) is 23.0 Å². The Morgan fingerprint density at radius 2 is 0.833 bits per heavy atom. The minimum absolute atomic E-state index is 0.292. The third-order valence-corrected chi connectivity index (χ3v) is 11.7. The summed E-state index contributed by atoms with van der Waals surface area (Å²) in [4.78, 5) is 8.95. The van der Waals surface area contributed by atoms with Gasteiger partial charge in [0, 0.05) is 113 Å². The fourth-order valence-corrected chi connectivity index (χ4v) is 8.85. The van der Waals surface area contributed by atoms with Gasteiger partial charge in [0.2, 0.25) is 0 Å². The number of benzene rings is 5. The molecule has 0 radical (unpaired) electrons. The molecular formula is C44H42B2N6O2. The summed E-state index contributed by atoms with van der Waals surface area (Å²) in [6.07, 6.45) is 4.75. The highest BCUT2D eigenvalue weighted by molar-refractivity contribution is 6.99. The van der Waals surface area contributed by atoms with Crippen LogP contribution in [0.5, 0.6) is 23.0 Å². The van der Waals surface area contributed by atoms with Gasteiger partial charge >= 0.3 is 0 Å². The lowest BCUT2D eigenvalue weighted by molar-refractivity contribution is 0.487. The molecule has 0 bridgehead atoms. The second-order valence-electron chi connectivity index (χ2n) is 15.4. The quantitative estimate of drug-likeness (QED) is 0.240. The molecule has 4 aliphatic heterocycles. The topological polar surface area (TPSA) is 79.0 Å². The molecule has 10 heteroatoms. The van der Waals surface area contributed by atoms with Crippen LogP contribution < -0.4 is 61.9 Å². The lowest BCUT2D eigenvalue weighted by atomic mass is 9.32. The van der Waals surface area contributed by atoms with E-state index in [1.54, 1.807) is 0 Å². The maximum absolute atomic E-state index is 11.0. The minimum atomic E-state index is -0.313. The van der Waals surface area contributed by atoms with E-state index < -0.39 is 0 Å². The number of hydrogen-bond donors (Lipinski definition) is 0. The average molecular weight is 708 g/mol. The van der Waals surface area contributed by atoms with Crippen molar-refractivity contribution >= 4 is 69.0 Å². The van der Waals surface area contributed by atoms with E-state index >= 15 is 0 Å². The third kappa shape index (κ3) is 5.69. The smallest absolute Gasteiger partial charge is 0.252 e. The molecule has 0 spiro atoms. The molecule has 2 fully saturated rings. The van der Waals surface area contributed by atoms with E-state index in [4.69, 9.17) is 9.47 Å². The van der Waals surface area contributed by atoms with Crippen molar-refractivity contribution in [2.45, 2.75) is 25.7 Å². The van der Waals surface area contributed by atoms with Crippen LogP contribution in [0.25, 0.3) is 0 Å². The standard InChI is InChI=1S/C44H42B2N6O2/c1-49(2)31-9-13-35-41(23-31)53-42-24-32(50(3)4)10-14-36(42)45(35)39-21-30(28-48)40(22-29(39)27-47)46-37-15-11-33(51-17-5-6-18-51)25-43(37)54-44-26-34(12-16-38(44)46)52-19-7-8-20-52/h9-16,21-26H,5-8,17-20H2,1-4H3. The van der Waals surface area contributed by atoms with Crippen LogP contribution in [-0.4, -0.2) is 67.8 Å². The highest BCUT2D eigenvalue weighted by Crippen LogP contribution is 2.34. The van der Waals surface area contributed by atoms with Crippen molar-refractivity contribution in [3.63, 3.8) is 0 Å². The Morgan fingerprint density at radius 3 is 1.19 bits per heavy atom. The van der Waals surface area contributed by atoms with E-state index in [0.717, 1.165) is 105 Å². The van der Waals surface area contributed by atoms with Crippen LogP contribution in [0.1, 0.15) is 36.8 Å².